The van der Waals surface area contributed by atoms with Gasteiger partial charge in [-0.25, -0.2) is 4.39 Å². The van der Waals surface area contributed by atoms with Gasteiger partial charge < -0.3 is 9.64 Å². The van der Waals surface area contributed by atoms with Gasteiger partial charge in [-0.2, -0.15) is 0 Å². The first-order valence-electron chi connectivity index (χ1n) is 7.47. The average Bonchev–Trinajstić information content (AvgIpc) is 2.38. The fraction of sp³-hybridized carbons (Fsp3) is 0.647. The molecular weight excluding hydrogens is 253 g/mol. The lowest BCUT2D eigenvalue weighted by Crippen LogP contribution is -2.32. The van der Waals surface area contributed by atoms with E-state index in [-0.39, 0.29) is 11.2 Å². The number of benzene rings is 1. The van der Waals surface area contributed by atoms with Crippen molar-refractivity contribution in [2.45, 2.75) is 39.0 Å². The van der Waals surface area contributed by atoms with Crippen LogP contribution < -0.4 is 4.74 Å². The normalized spacial score (nSPS) is 18.2. The Bertz CT molecular complexity index is 445. The van der Waals surface area contributed by atoms with Gasteiger partial charge in [-0.3, -0.25) is 0 Å². The number of halogens is 1. The number of piperidine rings is 1. The molecule has 1 aromatic rings. The van der Waals surface area contributed by atoms with Gasteiger partial charge in [0, 0.05) is 5.56 Å². The summed E-state index contributed by atoms with van der Waals surface area (Å²) in [6.07, 6.45) is 2.37. The molecule has 0 N–H and O–H groups in total. The second kappa shape index (κ2) is 6.13. The molecule has 0 spiro atoms. The van der Waals surface area contributed by atoms with Gasteiger partial charge in [-0.05, 0) is 62.5 Å². The molecule has 1 aliphatic heterocycles. The third-order valence-electron chi connectivity index (χ3n) is 4.06. The van der Waals surface area contributed by atoms with Crippen molar-refractivity contribution in [3.8, 4) is 5.75 Å². The van der Waals surface area contributed by atoms with Gasteiger partial charge in [0.1, 0.15) is 11.6 Å². The summed E-state index contributed by atoms with van der Waals surface area (Å²) in [6.45, 7) is 9.29. The molecular formula is C17H26FNO. The van der Waals surface area contributed by atoms with Gasteiger partial charge in [0.05, 0.1) is 6.61 Å². The molecule has 0 bridgehead atoms. The van der Waals surface area contributed by atoms with Crippen LogP contribution in [0, 0.1) is 11.7 Å². The van der Waals surface area contributed by atoms with E-state index in [0.717, 1.165) is 31.0 Å². The van der Waals surface area contributed by atoms with Crippen LogP contribution in [0.15, 0.2) is 18.2 Å². The van der Waals surface area contributed by atoms with E-state index in [0.29, 0.717) is 5.92 Å². The SMILES string of the molecule is CN1CCC(COc2ccc(F)cc2C(C)(C)C)CC1. The van der Waals surface area contributed by atoms with Crippen molar-refractivity contribution in [1.29, 1.82) is 0 Å². The van der Waals surface area contributed by atoms with Gasteiger partial charge in [-0.1, -0.05) is 20.8 Å². The molecule has 20 heavy (non-hydrogen) atoms. The highest BCUT2D eigenvalue weighted by Gasteiger charge is 2.22. The zero-order valence-corrected chi connectivity index (χ0v) is 13.1. The highest BCUT2D eigenvalue weighted by Crippen LogP contribution is 2.32. The Hall–Kier alpha value is -1.09. The van der Waals surface area contributed by atoms with E-state index < -0.39 is 0 Å². The standard InChI is InChI=1S/C17H26FNO/c1-17(2,3)15-11-14(18)5-6-16(15)20-12-13-7-9-19(4)10-8-13/h5-6,11,13H,7-10,12H2,1-4H3. The van der Waals surface area contributed by atoms with Gasteiger partial charge in [-0.15, -0.1) is 0 Å². The third-order valence-corrected chi connectivity index (χ3v) is 4.06. The van der Waals surface area contributed by atoms with E-state index in [2.05, 4.69) is 32.7 Å². The predicted molar refractivity (Wildman–Crippen MR) is 80.8 cm³/mol. The summed E-state index contributed by atoms with van der Waals surface area (Å²) in [7, 11) is 2.16. The summed E-state index contributed by atoms with van der Waals surface area (Å²) >= 11 is 0. The molecule has 2 rings (SSSR count). The van der Waals surface area contributed by atoms with Crippen molar-refractivity contribution in [1.82, 2.24) is 4.90 Å². The molecule has 0 radical (unpaired) electrons. The lowest BCUT2D eigenvalue weighted by Gasteiger charge is -2.29. The molecule has 2 nitrogen and oxygen atoms in total. The van der Waals surface area contributed by atoms with Crippen LogP contribution in [0.2, 0.25) is 0 Å². The fourth-order valence-electron chi connectivity index (χ4n) is 2.65. The molecule has 0 saturated carbocycles. The van der Waals surface area contributed by atoms with Gasteiger partial charge in [0.15, 0.2) is 0 Å². The molecule has 1 aromatic carbocycles. The van der Waals surface area contributed by atoms with E-state index in [1.165, 1.54) is 18.9 Å². The molecule has 0 unspecified atom stereocenters. The molecule has 1 aliphatic rings. The molecule has 0 aliphatic carbocycles. The van der Waals surface area contributed by atoms with Crippen LogP contribution in [0.25, 0.3) is 0 Å². The Labute approximate surface area is 121 Å². The van der Waals surface area contributed by atoms with Crippen molar-refractivity contribution in [2.24, 2.45) is 5.92 Å². The van der Waals surface area contributed by atoms with E-state index in [1.54, 1.807) is 12.1 Å². The molecule has 0 amide bonds. The molecule has 0 aromatic heterocycles. The average molecular weight is 279 g/mol. The Morgan fingerprint density at radius 2 is 1.90 bits per heavy atom. The number of ether oxygens (including phenoxy) is 1. The predicted octanol–water partition coefficient (Wildman–Crippen LogP) is 3.84. The van der Waals surface area contributed by atoms with Crippen molar-refractivity contribution in [3.63, 3.8) is 0 Å². The van der Waals surface area contributed by atoms with Crippen LogP contribution in [0.3, 0.4) is 0 Å². The quantitative estimate of drug-likeness (QED) is 0.833. The van der Waals surface area contributed by atoms with Crippen molar-refractivity contribution >= 4 is 0 Å². The summed E-state index contributed by atoms with van der Waals surface area (Å²) in [4.78, 5) is 2.36. The molecule has 1 heterocycles. The minimum Gasteiger partial charge on any atom is -0.493 e. The summed E-state index contributed by atoms with van der Waals surface area (Å²) in [5, 5.41) is 0. The topological polar surface area (TPSA) is 12.5 Å². The second-order valence-corrected chi connectivity index (χ2v) is 6.95. The monoisotopic (exact) mass is 279 g/mol. The lowest BCUT2D eigenvalue weighted by molar-refractivity contribution is 0.158. The van der Waals surface area contributed by atoms with Gasteiger partial charge in [0.2, 0.25) is 0 Å². The summed E-state index contributed by atoms with van der Waals surface area (Å²) in [5.41, 5.74) is 0.843. The van der Waals surface area contributed by atoms with Crippen molar-refractivity contribution < 1.29 is 9.13 Å². The first kappa shape index (κ1) is 15.3. The number of nitrogens with zero attached hydrogens (tertiary/aromatic N) is 1. The minimum atomic E-state index is -0.193. The minimum absolute atomic E-state index is 0.107. The maximum Gasteiger partial charge on any atom is 0.123 e. The highest BCUT2D eigenvalue weighted by molar-refractivity contribution is 5.38. The molecule has 0 atom stereocenters. The molecule has 1 saturated heterocycles. The highest BCUT2D eigenvalue weighted by atomic mass is 19.1. The van der Waals surface area contributed by atoms with Crippen LogP contribution in [0.5, 0.6) is 5.75 Å². The van der Waals surface area contributed by atoms with Crippen LogP contribution in [0.1, 0.15) is 39.2 Å². The third kappa shape index (κ3) is 3.95. The van der Waals surface area contributed by atoms with E-state index in [4.69, 9.17) is 4.74 Å². The molecule has 3 heteroatoms. The number of rotatable bonds is 3. The lowest BCUT2D eigenvalue weighted by atomic mass is 9.86. The maximum atomic E-state index is 13.5. The number of hydrogen-bond donors (Lipinski definition) is 0. The first-order chi connectivity index (χ1) is 9.36. The Kier molecular flexibility index (Phi) is 4.69. The zero-order chi connectivity index (χ0) is 14.8. The Balaban J connectivity index is 2.02. The van der Waals surface area contributed by atoms with Crippen LogP contribution in [0.4, 0.5) is 4.39 Å². The van der Waals surface area contributed by atoms with E-state index in [1.807, 2.05) is 0 Å². The van der Waals surface area contributed by atoms with Gasteiger partial charge >= 0.3 is 0 Å². The summed E-state index contributed by atoms with van der Waals surface area (Å²) in [5.74, 6) is 1.25. The van der Waals surface area contributed by atoms with Crippen molar-refractivity contribution in [3.05, 3.63) is 29.6 Å². The molecule has 1 fully saturated rings. The smallest absolute Gasteiger partial charge is 0.123 e. The number of likely N-dealkylation sites (tertiary alicyclic amines) is 1. The number of hydrogen-bond acceptors (Lipinski definition) is 2. The van der Waals surface area contributed by atoms with Gasteiger partial charge in [0.25, 0.3) is 0 Å². The summed E-state index contributed by atoms with van der Waals surface area (Å²) < 4.78 is 19.5. The second-order valence-electron chi connectivity index (χ2n) is 6.95. The Morgan fingerprint density at radius 1 is 1.25 bits per heavy atom. The summed E-state index contributed by atoms with van der Waals surface area (Å²) in [6, 6.07) is 4.86. The van der Waals surface area contributed by atoms with Crippen LogP contribution in [-0.4, -0.2) is 31.6 Å². The van der Waals surface area contributed by atoms with Crippen molar-refractivity contribution in [2.75, 3.05) is 26.7 Å². The van der Waals surface area contributed by atoms with Crippen LogP contribution in [-0.2, 0) is 5.41 Å². The van der Waals surface area contributed by atoms with E-state index >= 15 is 0 Å². The van der Waals surface area contributed by atoms with E-state index in [9.17, 15) is 4.39 Å². The zero-order valence-electron chi connectivity index (χ0n) is 13.1. The first-order valence-corrected chi connectivity index (χ1v) is 7.47. The maximum absolute atomic E-state index is 13.5. The largest absolute Gasteiger partial charge is 0.493 e. The molecule has 112 valence electrons. The van der Waals surface area contributed by atoms with Crippen LogP contribution >= 0.6 is 0 Å². The fourth-order valence-corrected chi connectivity index (χ4v) is 2.65. The Morgan fingerprint density at radius 3 is 2.50 bits per heavy atom.